The van der Waals surface area contributed by atoms with E-state index in [0.717, 1.165) is 12.2 Å². The van der Waals surface area contributed by atoms with Gasteiger partial charge in [-0.3, -0.25) is 0 Å². The van der Waals surface area contributed by atoms with E-state index >= 15 is 0 Å². The Balaban J connectivity index is 1.48. The summed E-state index contributed by atoms with van der Waals surface area (Å²) >= 11 is 0. The molecule has 0 saturated heterocycles. The Kier molecular flexibility index (Phi) is 11.9. The van der Waals surface area contributed by atoms with Crippen LogP contribution in [0.4, 0.5) is 0 Å². The third kappa shape index (κ3) is 8.30. The Bertz CT molecular complexity index is 1290. The second-order valence-electron chi connectivity index (χ2n) is 13.5. The summed E-state index contributed by atoms with van der Waals surface area (Å²) in [5.41, 5.74) is 7.23. The number of hydrogen-bond donors (Lipinski definition) is 0. The summed E-state index contributed by atoms with van der Waals surface area (Å²) < 4.78 is 5.47. The van der Waals surface area contributed by atoms with Crippen LogP contribution in [0.1, 0.15) is 101 Å². The molecule has 1 nitrogen and oxygen atoms in total. The zero-order valence-electron chi connectivity index (χ0n) is 27.7. The first-order valence-electron chi connectivity index (χ1n) is 16.6. The summed E-state index contributed by atoms with van der Waals surface area (Å²) in [7, 11) is 0.0542. The molecule has 0 heterocycles. The van der Waals surface area contributed by atoms with E-state index in [1.165, 1.54) is 47.6 Å². The van der Waals surface area contributed by atoms with Crippen LogP contribution in [0.2, 0.25) is 17.1 Å². The van der Waals surface area contributed by atoms with Crippen LogP contribution in [0.15, 0.2) is 109 Å². The van der Waals surface area contributed by atoms with Crippen LogP contribution in [0, 0.1) is 0 Å². The average molecular weight is 591 g/mol. The van der Waals surface area contributed by atoms with Crippen molar-refractivity contribution in [2.45, 2.75) is 102 Å². The summed E-state index contributed by atoms with van der Waals surface area (Å²) in [6.45, 7) is 14.6. The second kappa shape index (κ2) is 15.6. The number of methoxy groups -OCH3 is 1. The van der Waals surface area contributed by atoms with E-state index in [0.29, 0.717) is 28.8 Å². The van der Waals surface area contributed by atoms with E-state index in [1.807, 2.05) is 0 Å². The molecule has 4 aromatic carbocycles. The van der Waals surface area contributed by atoms with Crippen molar-refractivity contribution in [3.63, 3.8) is 0 Å². The Morgan fingerprint density at radius 2 is 1.05 bits per heavy atom. The first-order valence-corrected chi connectivity index (χ1v) is 18.9. The zero-order chi connectivity index (χ0) is 30.8. The van der Waals surface area contributed by atoms with Crippen LogP contribution in [0.25, 0.3) is 0 Å². The molecule has 2 heteroatoms. The number of benzene rings is 4. The van der Waals surface area contributed by atoms with Gasteiger partial charge in [-0.1, -0.05) is 156 Å². The molecule has 0 aliphatic heterocycles. The first kappa shape index (κ1) is 32.8. The van der Waals surface area contributed by atoms with E-state index in [-0.39, 0.29) is 0 Å². The van der Waals surface area contributed by atoms with Gasteiger partial charge in [-0.15, -0.1) is 0 Å². The van der Waals surface area contributed by atoms with Gasteiger partial charge in [0.05, 0.1) is 15.2 Å². The smallest absolute Gasteiger partial charge is 0.118 e. The second-order valence-corrected chi connectivity index (χ2v) is 18.9. The van der Waals surface area contributed by atoms with E-state index in [4.69, 9.17) is 4.74 Å². The van der Waals surface area contributed by atoms with Crippen LogP contribution in [0.5, 0.6) is 5.75 Å². The predicted molar refractivity (Wildman–Crippen MR) is 190 cm³/mol. The van der Waals surface area contributed by atoms with Crippen LogP contribution in [-0.2, 0) is 6.42 Å². The maximum atomic E-state index is 5.47. The summed E-state index contributed by atoms with van der Waals surface area (Å²) in [5, 5.41) is 1.58. The van der Waals surface area contributed by atoms with E-state index in [9.17, 15) is 0 Å². The van der Waals surface area contributed by atoms with Gasteiger partial charge in [0.15, 0.2) is 0 Å². The van der Waals surface area contributed by atoms with Gasteiger partial charge in [0.1, 0.15) is 5.75 Å². The summed E-state index contributed by atoms with van der Waals surface area (Å²) in [6, 6.07) is 42.2. The van der Waals surface area contributed by atoms with Crippen molar-refractivity contribution in [3.8, 4) is 5.75 Å². The van der Waals surface area contributed by atoms with E-state index < -0.39 is 8.07 Å². The maximum absolute atomic E-state index is 5.47. The fourth-order valence-electron chi connectivity index (χ4n) is 7.56. The van der Waals surface area contributed by atoms with Crippen molar-refractivity contribution in [1.82, 2.24) is 0 Å². The predicted octanol–water partition coefficient (Wildman–Crippen LogP) is 11.3. The summed E-state index contributed by atoms with van der Waals surface area (Å²) in [5.74, 6) is 2.53. The minimum absolute atomic E-state index is 0.525. The Hall–Kier alpha value is -3.10. The molecule has 228 valence electrons. The topological polar surface area (TPSA) is 9.23 Å². The highest BCUT2D eigenvalue weighted by Gasteiger charge is 2.40. The lowest BCUT2D eigenvalue weighted by Gasteiger charge is -2.40. The van der Waals surface area contributed by atoms with Crippen molar-refractivity contribution < 1.29 is 4.74 Å². The lowest BCUT2D eigenvalue weighted by Crippen LogP contribution is -2.53. The molecule has 4 aromatic rings. The molecular formula is C41H54OSi. The molecule has 0 aliphatic rings. The van der Waals surface area contributed by atoms with Gasteiger partial charge in [-0.05, 0) is 82.5 Å². The molecule has 0 aliphatic carbocycles. The minimum atomic E-state index is -1.70. The Morgan fingerprint density at radius 3 is 1.49 bits per heavy atom. The van der Waals surface area contributed by atoms with Crippen LogP contribution in [0.3, 0.4) is 0 Å². The van der Waals surface area contributed by atoms with E-state index in [2.05, 4.69) is 151 Å². The number of aryl methyl sites for hydroxylation is 1. The average Bonchev–Trinajstić information content (AvgIpc) is 3.03. The van der Waals surface area contributed by atoms with Crippen molar-refractivity contribution in [2.75, 3.05) is 7.11 Å². The Labute approximate surface area is 263 Å². The van der Waals surface area contributed by atoms with Crippen molar-refractivity contribution in [1.29, 1.82) is 0 Å². The molecule has 0 bridgehead atoms. The standard InChI is InChI=1S/C41H54OSi/c1-31(2)43(32(3)4,41-26-24-40(42-7)25-27-41)28-14-15-35-20-22-38(23-21-35)39(29-33(5)36-16-10-8-11-17-36)30-34(6)37-18-12-9-13-19-37/h8-13,16-27,31-34,39H,14-15,28-30H2,1-7H3. The Morgan fingerprint density at radius 1 is 0.558 bits per heavy atom. The SMILES string of the molecule is COc1ccc([Si](CCCc2ccc(C(CC(C)c3ccccc3)CC(C)c3ccccc3)cc2)(C(C)C)C(C)C)cc1. The number of hydrogen-bond acceptors (Lipinski definition) is 1. The fraction of sp³-hybridized carbons (Fsp3) is 0.415. The third-order valence-corrected chi connectivity index (χ3v) is 16.9. The fourth-order valence-corrected chi connectivity index (χ4v) is 13.2. The van der Waals surface area contributed by atoms with Crippen molar-refractivity contribution >= 4 is 13.3 Å². The lowest BCUT2D eigenvalue weighted by molar-refractivity contribution is 0.415. The molecular weight excluding hydrogens is 537 g/mol. The van der Waals surface area contributed by atoms with Gasteiger partial charge >= 0.3 is 0 Å². The van der Waals surface area contributed by atoms with Crippen LogP contribution < -0.4 is 9.92 Å². The molecule has 2 unspecified atom stereocenters. The highest BCUT2D eigenvalue weighted by atomic mass is 28.3. The van der Waals surface area contributed by atoms with Gasteiger partial charge in [-0.2, -0.15) is 0 Å². The minimum Gasteiger partial charge on any atom is -0.497 e. The molecule has 0 saturated carbocycles. The lowest BCUT2D eigenvalue weighted by atomic mass is 9.79. The van der Waals surface area contributed by atoms with Crippen molar-refractivity contribution in [2.24, 2.45) is 0 Å². The molecule has 4 rings (SSSR count). The molecule has 0 N–H and O–H groups in total. The molecule has 0 amide bonds. The zero-order valence-corrected chi connectivity index (χ0v) is 28.7. The maximum Gasteiger partial charge on any atom is 0.118 e. The largest absolute Gasteiger partial charge is 0.497 e. The summed E-state index contributed by atoms with van der Waals surface area (Å²) in [4.78, 5) is 0. The number of rotatable bonds is 15. The highest BCUT2D eigenvalue weighted by molar-refractivity contribution is 6.94. The van der Waals surface area contributed by atoms with Gasteiger partial charge in [0, 0.05) is 0 Å². The first-order chi connectivity index (χ1) is 20.7. The van der Waals surface area contributed by atoms with E-state index in [1.54, 1.807) is 12.3 Å². The number of ether oxygens (including phenoxy) is 1. The van der Waals surface area contributed by atoms with Crippen LogP contribution in [-0.4, -0.2) is 15.2 Å². The molecule has 0 radical (unpaired) electrons. The molecule has 0 aromatic heterocycles. The monoisotopic (exact) mass is 590 g/mol. The molecule has 43 heavy (non-hydrogen) atoms. The highest BCUT2D eigenvalue weighted by Crippen LogP contribution is 2.39. The van der Waals surface area contributed by atoms with Gasteiger partial charge in [-0.25, -0.2) is 0 Å². The van der Waals surface area contributed by atoms with Gasteiger partial charge in [0.2, 0.25) is 0 Å². The van der Waals surface area contributed by atoms with Gasteiger partial charge in [0.25, 0.3) is 0 Å². The normalized spacial score (nSPS) is 14.1. The molecule has 0 fully saturated rings. The van der Waals surface area contributed by atoms with Gasteiger partial charge < -0.3 is 4.74 Å². The molecule has 2 atom stereocenters. The quantitative estimate of drug-likeness (QED) is 0.125. The molecule has 0 spiro atoms. The van der Waals surface area contributed by atoms with Crippen molar-refractivity contribution in [3.05, 3.63) is 131 Å². The summed E-state index contributed by atoms with van der Waals surface area (Å²) in [6.07, 6.45) is 4.72. The van der Waals surface area contributed by atoms with Crippen LogP contribution >= 0.6 is 0 Å². The third-order valence-electron chi connectivity index (χ3n) is 10.2.